The minimum atomic E-state index is -1.15. The molecule has 5 rings (SSSR count). The highest BCUT2D eigenvalue weighted by molar-refractivity contribution is 5.97. The summed E-state index contributed by atoms with van der Waals surface area (Å²) in [5.41, 5.74) is 12.6. The lowest BCUT2D eigenvalue weighted by molar-refractivity contribution is -0.143. The number of benzene rings is 4. The van der Waals surface area contributed by atoms with E-state index < -0.39 is 30.1 Å². The molecule has 0 aliphatic heterocycles. The summed E-state index contributed by atoms with van der Waals surface area (Å²) in [7, 11) is 1.22. The fraction of sp³-hybridized carbons (Fsp3) is 0.171. The molecule has 4 aromatic carbocycles. The van der Waals surface area contributed by atoms with E-state index in [1.807, 2.05) is 48.5 Å². The molecule has 2 unspecified atom stereocenters. The van der Waals surface area contributed by atoms with Crippen molar-refractivity contribution in [2.24, 2.45) is 0 Å². The lowest BCUT2D eigenvalue weighted by atomic mass is 9.98. The Kier molecular flexibility index (Phi) is 8.73. The zero-order valence-electron chi connectivity index (χ0n) is 23.8. The molecule has 0 saturated heterocycles. The number of carbonyl (C=O) groups excluding carboxylic acids is 3. The summed E-state index contributed by atoms with van der Waals surface area (Å²) in [6.07, 6.45) is -0.707. The molecule has 2 amide bonds. The Labute approximate surface area is 250 Å². The van der Waals surface area contributed by atoms with Gasteiger partial charge in [-0.15, -0.1) is 0 Å². The second kappa shape index (κ2) is 13.0. The molecule has 0 fully saturated rings. The Bertz CT molecular complexity index is 1660. The quantitative estimate of drug-likeness (QED) is 0.165. The van der Waals surface area contributed by atoms with Crippen LogP contribution >= 0.6 is 0 Å². The van der Waals surface area contributed by atoms with Crippen LogP contribution < -0.4 is 16.4 Å². The molecule has 8 nitrogen and oxygen atoms in total. The SMILES string of the molecule is COC(=O)C(NC(=O)c1ccc(C#Cc2ccc(N)cc2)cc1)C(C)NC(=O)OCC1c2ccccc2-c2ccccc21. The number of hydrogen-bond acceptors (Lipinski definition) is 6. The average molecular weight is 574 g/mol. The molecule has 0 spiro atoms. The van der Waals surface area contributed by atoms with Crippen LogP contribution in [0.5, 0.6) is 0 Å². The zero-order chi connectivity index (χ0) is 30.3. The molecular formula is C35H31N3O5. The summed E-state index contributed by atoms with van der Waals surface area (Å²) in [5.74, 6) is 4.77. The second-order valence-electron chi connectivity index (χ2n) is 10.2. The van der Waals surface area contributed by atoms with Crippen LogP contribution in [0.3, 0.4) is 0 Å². The van der Waals surface area contributed by atoms with Gasteiger partial charge in [-0.1, -0.05) is 60.4 Å². The van der Waals surface area contributed by atoms with E-state index in [9.17, 15) is 14.4 Å². The third-order valence-corrected chi connectivity index (χ3v) is 7.34. The van der Waals surface area contributed by atoms with Gasteiger partial charge in [-0.25, -0.2) is 9.59 Å². The predicted octanol–water partition coefficient (Wildman–Crippen LogP) is 4.87. The molecule has 0 heterocycles. The maximum Gasteiger partial charge on any atom is 0.407 e. The van der Waals surface area contributed by atoms with Gasteiger partial charge in [0.2, 0.25) is 0 Å². The van der Waals surface area contributed by atoms with Crippen molar-refractivity contribution in [2.75, 3.05) is 19.5 Å². The van der Waals surface area contributed by atoms with E-state index in [1.54, 1.807) is 43.3 Å². The molecule has 43 heavy (non-hydrogen) atoms. The Balaban J connectivity index is 1.20. The monoisotopic (exact) mass is 573 g/mol. The van der Waals surface area contributed by atoms with Crippen LogP contribution in [-0.4, -0.2) is 43.8 Å². The van der Waals surface area contributed by atoms with Crippen molar-refractivity contribution >= 4 is 23.7 Å². The van der Waals surface area contributed by atoms with Crippen molar-refractivity contribution in [3.8, 4) is 23.0 Å². The van der Waals surface area contributed by atoms with Gasteiger partial charge in [0.1, 0.15) is 12.6 Å². The molecule has 8 heteroatoms. The highest BCUT2D eigenvalue weighted by atomic mass is 16.5. The van der Waals surface area contributed by atoms with E-state index in [1.165, 1.54) is 7.11 Å². The minimum absolute atomic E-state index is 0.108. The van der Waals surface area contributed by atoms with Crippen molar-refractivity contribution < 1.29 is 23.9 Å². The van der Waals surface area contributed by atoms with Crippen LogP contribution in [-0.2, 0) is 14.3 Å². The molecule has 0 bridgehead atoms. The van der Waals surface area contributed by atoms with Gasteiger partial charge in [0.05, 0.1) is 13.2 Å². The van der Waals surface area contributed by atoms with Crippen LogP contribution in [0.4, 0.5) is 10.5 Å². The number of esters is 1. The molecule has 0 radical (unpaired) electrons. The molecule has 0 aromatic heterocycles. The Morgan fingerprint density at radius 1 is 0.791 bits per heavy atom. The van der Waals surface area contributed by atoms with Crippen LogP contribution in [0.1, 0.15) is 45.5 Å². The highest BCUT2D eigenvalue weighted by Crippen LogP contribution is 2.44. The highest BCUT2D eigenvalue weighted by Gasteiger charge is 2.32. The minimum Gasteiger partial charge on any atom is -0.467 e. The smallest absolute Gasteiger partial charge is 0.407 e. The summed E-state index contributed by atoms with van der Waals surface area (Å²) in [5, 5.41) is 5.33. The number of hydrogen-bond donors (Lipinski definition) is 3. The molecule has 216 valence electrons. The number of nitrogen functional groups attached to an aromatic ring is 1. The number of amides is 2. The standard InChI is InChI=1S/C35H31N3O5/c1-22(37-35(41)43-21-31-29-9-5-3-7-27(29)28-8-4-6-10-30(28)31)32(34(40)42-2)38-33(39)25-17-13-23(14-18-25)11-12-24-15-19-26(36)20-16-24/h3-10,13-20,22,31-32H,21,36H2,1-2H3,(H,37,41)(H,38,39). The van der Waals surface area contributed by atoms with Crippen LogP contribution in [0.2, 0.25) is 0 Å². The lowest BCUT2D eigenvalue weighted by Gasteiger charge is -2.24. The van der Waals surface area contributed by atoms with E-state index in [2.05, 4.69) is 34.6 Å². The average Bonchev–Trinajstić information content (AvgIpc) is 3.35. The van der Waals surface area contributed by atoms with Crippen molar-refractivity contribution in [1.29, 1.82) is 0 Å². The number of nitrogens with one attached hydrogen (secondary N) is 2. The first-order valence-corrected chi connectivity index (χ1v) is 13.8. The molecular weight excluding hydrogens is 542 g/mol. The fourth-order valence-corrected chi connectivity index (χ4v) is 5.06. The third kappa shape index (κ3) is 6.68. The van der Waals surface area contributed by atoms with Crippen LogP contribution in [0, 0.1) is 11.8 Å². The van der Waals surface area contributed by atoms with E-state index >= 15 is 0 Å². The first-order valence-electron chi connectivity index (χ1n) is 13.8. The summed E-state index contributed by atoms with van der Waals surface area (Å²) in [4.78, 5) is 38.4. The Hall–Kier alpha value is -5.55. The molecule has 0 saturated carbocycles. The first-order chi connectivity index (χ1) is 20.8. The number of methoxy groups -OCH3 is 1. The largest absolute Gasteiger partial charge is 0.467 e. The summed E-state index contributed by atoms with van der Waals surface area (Å²) >= 11 is 0. The van der Waals surface area contributed by atoms with Crippen LogP contribution in [0.25, 0.3) is 11.1 Å². The first kappa shape index (κ1) is 29.0. The maximum atomic E-state index is 13.0. The second-order valence-corrected chi connectivity index (χ2v) is 10.2. The zero-order valence-corrected chi connectivity index (χ0v) is 23.8. The number of fused-ring (bicyclic) bond motifs is 3. The number of alkyl carbamates (subject to hydrolysis) is 1. The van der Waals surface area contributed by atoms with E-state index in [0.29, 0.717) is 16.8 Å². The van der Waals surface area contributed by atoms with Gasteiger partial charge in [-0.3, -0.25) is 4.79 Å². The number of rotatable bonds is 7. The van der Waals surface area contributed by atoms with E-state index in [0.717, 1.165) is 27.8 Å². The summed E-state index contributed by atoms with van der Waals surface area (Å²) < 4.78 is 10.5. The van der Waals surface area contributed by atoms with E-state index in [-0.39, 0.29) is 12.5 Å². The maximum absolute atomic E-state index is 13.0. The summed E-state index contributed by atoms with van der Waals surface area (Å²) in [6, 6.07) is 28.0. The molecule has 1 aliphatic carbocycles. The van der Waals surface area contributed by atoms with Crippen molar-refractivity contribution in [3.63, 3.8) is 0 Å². The van der Waals surface area contributed by atoms with Crippen molar-refractivity contribution in [3.05, 3.63) is 125 Å². The molecule has 4 N–H and O–H groups in total. The van der Waals surface area contributed by atoms with Gasteiger partial charge in [0.25, 0.3) is 5.91 Å². The van der Waals surface area contributed by atoms with Gasteiger partial charge >= 0.3 is 12.1 Å². The predicted molar refractivity (Wildman–Crippen MR) is 164 cm³/mol. The number of carbonyl (C=O) groups is 3. The molecule has 2 atom stereocenters. The number of nitrogens with two attached hydrogens (primary N) is 1. The fourth-order valence-electron chi connectivity index (χ4n) is 5.06. The number of ether oxygens (including phenoxy) is 2. The van der Waals surface area contributed by atoms with Gasteiger partial charge in [-0.2, -0.15) is 0 Å². The number of anilines is 1. The van der Waals surface area contributed by atoms with Crippen molar-refractivity contribution in [2.45, 2.75) is 24.9 Å². The Morgan fingerprint density at radius 3 is 1.88 bits per heavy atom. The third-order valence-electron chi connectivity index (χ3n) is 7.34. The van der Waals surface area contributed by atoms with Crippen LogP contribution in [0.15, 0.2) is 97.1 Å². The van der Waals surface area contributed by atoms with Gasteiger partial charge in [0, 0.05) is 28.3 Å². The van der Waals surface area contributed by atoms with Gasteiger partial charge in [0.15, 0.2) is 0 Å². The molecule has 4 aromatic rings. The summed E-state index contributed by atoms with van der Waals surface area (Å²) in [6.45, 7) is 1.72. The van der Waals surface area contributed by atoms with E-state index in [4.69, 9.17) is 15.2 Å². The van der Waals surface area contributed by atoms with Crippen molar-refractivity contribution in [1.82, 2.24) is 10.6 Å². The Morgan fingerprint density at radius 2 is 1.33 bits per heavy atom. The molecule has 1 aliphatic rings. The topological polar surface area (TPSA) is 120 Å². The normalized spacial score (nSPS) is 12.9. The lowest BCUT2D eigenvalue weighted by Crippen LogP contribution is -2.54. The van der Waals surface area contributed by atoms with Gasteiger partial charge < -0.3 is 25.8 Å². The van der Waals surface area contributed by atoms with Gasteiger partial charge in [-0.05, 0) is 77.7 Å².